The van der Waals surface area contributed by atoms with Crippen LogP contribution in [-0.4, -0.2) is 4.98 Å². The Morgan fingerprint density at radius 2 is 2.18 bits per heavy atom. The van der Waals surface area contributed by atoms with Crippen molar-refractivity contribution < 1.29 is 0 Å². The highest BCUT2D eigenvalue weighted by Gasteiger charge is 2.03. The number of pyridine rings is 1. The first-order valence-corrected chi connectivity index (χ1v) is 6.43. The Hall–Kier alpha value is -1.06. The average Bonchev–Trinajstić information content (AvgIpc) is 2.33. The van der Waals surface area contributed by atoms with Gasteiger partial charge in [0.2, 0.25) is 0 Å². The molecule has 2 rings (SSSR count). The number of halogens is 2. The summed E-state index contributed by atoms with van der Waals surface area (Å²) in [5, 5.41) is 4.06. The van der Waals surface area contributed by atoms with Crippen molar-refractivity contribution in [3.05, 3.63) is 57.3 Å². The molecular weight excluding hydrogens is 300 g/mol. The first kappa shape index (κ1) is 12.4. The van der Waals surface area contributed by atoms with E-state index in [1.165, 1.54) is 5.56 Å². The zero-order valence-electron chi connectivity index (χ0n) is 9.37. The van der Waals surface area contributed by atoms with Gasteiger partial charge in [0, 0.05) is 29.1 Å². The Bertz CT molecular complexity index is 529. The molecule has 0 saturated heterocycles. The van der Waals surface area contributed by atoms with E-state index in [4.69, 9.17) is 11.6 Å². The first-order valence-electron chi connectivity index (χ1n) is 5.26. The second-order valence-corrected chi connectivity index (χ2v) is 4.99. The van der Waals surface area contributed by atoms with Crippen LogP contribution >= 0.6 is 27.5 Å². The lowest BCUT2D eigenvalue weighted by molar-refractivity contribution is 1.12. The second-order valence-electron chi connectivity index (χ2n) is 3.73. The smallest absolute Gasteiger partial charge is 0.0639 e. The van der Waals surface area contributed by atoms with Crippen LogP contribution in [0.15, 0.2) is 41.1 Å². The molecule has 0 aliphatic carbocycles. The fourth-order valence-electron chi connectivity index (χ4n) is 1.54. The number of nitrogens with zero attached hydrogens (tertiary/aromatic N) is 1. The first-order chi connectivity index (χ1) is 8.18. The SMILES string of the molecule is Cc1c(Br)cccc1NCc1ccncc1Cl. The van der Waals surface area contributed by atoms with E-state index in [-0.39, 0.29) is 0 Å². The van der Waals surface area contributed by atoms with Gasteiger partial charge in [-0.1, -0.05) is 33.6 Å². The standard InChI is InChI=1S/C13H12BrClN2/c1-9-11(14)3-2-4-13(9)17-7-10-5-6-16-8-12(10)15/h2-6,8,17H,7H2,1H3. The fourth-order valence-corrected chi connectivity index (χ4v) is 2.09. The molecule has 2 nitrogen and oxygen atoms in total. The van der Waals surface area contributed by atoms with Crippen molar-refractivity contribution in [2.45, 2.75) is 13.5 Å². The number of rotatable bonds is 3. The zero-order chi connectivity index (χ0) is 12.3. The van der Waals surface area contributed by atoms with Gasteiger partial charge in [0.15, 0.2) is 0 Å². The summed E-state index contributed by atoms with van der Waals surface area (Å²) in [4.78, 5) is 3.96. The summed E-state index contributed by atoms with van der Waals surface area (Å²) in [6, 6.07) is 8.01. The van der Waals surface area contributed by atoms with Gasteiger partial charge in [-0.05, 0) is 36.2 Å². The van der Waals surface area contributed by atoms with Crippen molar-refractivity contribution in [2.24, 2.45) is 0 Å². The summed E-state index contributed by atoms with van der Waals surface area (Å²) < 4.78 is 1.10. The van der Waals surface area contributed by atoms with Crippen LogP contribution in [0.3, 0.4) is 0 Å². The molecule has 0 saturated carbocycles. The van der Waals surface area contributed by atoms with Crippen molar-refractivity contribution in [3.8, 4) is 0 Å². The molecule has 1 aromatic carbocycles. The summed E-state index contributed by atoms with van der Waals surface area (Å²) in [5.41, 5.74) is 3.34. The third-order valence-corrected chi connectivity index (χ3v) is 3.79. The summed E-state index contributed by atoms with van der Waals surface area (Å²) >= 11 is 9.56. The van der Waals surface area contributed by atoms with E-state index in [1.54, 1.807) is 12.4 Å². The van der Waals surface area contributed by atoms with Crippen LogP contribution in [0.1, 0.15) is 11.1 Å². The monoisotopic (exact) mass is 310 g/mol. The third-order valence-electron chi connectivity index (χ3n) is 2.59. The predicted molar refractivity (Wildman–Crippen MR) is 75.5 cm³/mol. The van der Waals surface area contributed by atoms with Gasteiger partial charge in [-0.25, -0.2) is 0 Å². The van der Waals surface area contributed by atoms with Crippen molar-refractivity contribution in [1.29, 1.82) is 0 Å². The van der Waals surface area contributed by atoms with E-state index in [2.05, 4.69) is 39.2 Å². The minimum Gasteiger partial charge on any atom is -0.381 e. The molecule has 2 aromatic rings. The normalized spacial score (nSPS) is 10.3. The number of anilines is 1. The van der Waals surface area contributed by atoms with E-state index in [9.17, 15) is 0 Å². The lowest BCUT2D eigenvalue weighted by Gasteiger charge is -2.11. The maximum Gasteiger partial charge on any atom is 0.0639 e. The number of aromatic nitrogens is 1. The molecule has 0 fully saturated rings. The summed E-state index contributed by atoms with van der Waals surface area (Å²) in [6.45, 7) is 2.76. The highest BCUT2D eigenvalue weighted by Crippen LogP contribution is 2.24. The molecule has 0 unspecified atom stereocenters. The van der Waals surface area contributed by atoms with Crippen LogP contribution < -0.4 is 5.32 Å². The molecule has 1 heterocycles. The summed E-state index contributed by atoms with van der Waals surface area (Å²) in [6.07, 6.45) is 3.41. The lowest BCUT2D eigenvalue weighted by atomic mass is 10.2. The molecule has 0 aliphatic rings. The van der Waals surface area contributed by atoms with Crippen molar-refractivity contribution in [1.82, 2.24) is 4.98 Å². The van der Waals surface area contributed by atoms with Crippen LogP contribution in [-0.2, 0) is 6.54 Å². The molecule has 88 valence electrons. The number of benzene rings is 1. The van der Waals surface area contributed by atoms with Crippen molar-refractivity contribution >= 4 is 33.2 Å². The van der Waals surface area contributed by atoms with Crippen LogP contribution in [0.2, 0.25) is 5.02 Å². The maximum atomic E-state index is 6.05. The molecule has 0 spiro atoms. The lowest BCUT2D eigenvalue weighted by Crippen LogP contribution is -2.02. The van der Waals surface area contributed by atoms with Gasteiger partial charge in [-0.2, -0.15) is 0 Å². The van der Waals surface area contributed by atoms with Gasteiger partial charge >= 0.3 is 0 Å². The van der Waals surface area contributed by atoms with E-state index in [0.717, 1.165) is 15.7 Å². The topological polar surface area (TPSA) is 24.9 Å². The van der Waals surface area contributed by atoms with Gasteiger partial charge in [-0.3, -0.25) is 4.98 Å². The molecule has 0 aliphatic heterocycles. The highest BCUT2D eigenvalue weighted by atomic mass is 79.9. The summed E-state index contributed by atoms with van der Waals surface area (Å²) in [7, 11) is 0. The third kappa shape index (κ3) is 2.99. The van der Waals surface area contributed by atoms with Crippen LogP contribution in [0.4, 0.5) is 5.69 Å². The Kier molecular flexibility index (Phi) is 4.02. The Balaban J connectivity index is 2.13. The molecule has 0 amide bonds. The molecule has 0 radical (unpaired) electrons. The molecule has 1 aromatic heterocycles. The number of nitrogens with one attached hydrogen (secondary N) is 1. The van der Waals surface area contributed by atoms with Gasteiger partial charge in [0.05, 0.1) is 5.02 Å². The van der Waals surface area contributed by atoms with Gasteiger partial charge in [0.25, 0.3) is 0 Å². The van der Waals surface area contributed by atoms with E-state index >= 15 is 0 Å². The molecule has 17 heavy (non-hydrogen) atoms. The van der Waals surface area contributed by atoms with Crippen LogP contribution in [0, 0.1) is 6.92 Å². The molecule has 1 N–H and O–H groups in total. The second kappa shape index (κ2) is 5.52. The maximum absolute atomic E-state index is 6.05. The minimum absolute atomic E-state index is 0.688. The zero-order valence-corrected chi connectivity index (χ0v) is 11.7. The average molecular weight is 312 g/mol. The molecular formula is C13H12BrClN2. The predicted octanol–water partition coefficient (Wildman–Crippen LogP) is 4.42. The quantitative estimate of drug-likeness (QED) is 0.907. The molecule has 0 atom stereocenters. The Labute approximate surface area is 114 Å². The van der Waals surface area contributed by atoms with E-state index in [1.807, 2.05) is 18.2 Å². The fraction of sp³-hybridized carbons (Fsp3) is 0.154. The van der Waals surface area contributed by atoms with Crippen LogP contribution in [0.5, 0.6) is 0 Å². The van der Waals surface area contributed by atoms with Crippen LogP contribution in [0.25, 0.3) is 0 Å². The molecule has 4 heteroatoms. The van der Waals surface area contributed by atoms with Gasteiger partial charge < -0.3 is 5.32 Å². The number of hydrogen-bond donors (Lipinski definition) is 1. The summed E-state index contributed by atoms with van der Waals surface area (Å²) in [5.74, 6) is 0. The van der Waals surface area contributed by atoms with E-state index in [0.29, 0.717) is 11.6 Å². The van der Waals surface area contributed by atoms with Crippen molar-refractivity contribution in [2.75, 3.05) is 5.32 Å². The number of hydrogen-bond acceptors (Lipinski definition) is 2. The van der Waals surface area contributed by atoms with E-state index < -0.39 is 0 Å². The van der Waals surface area contributed by atoms with Gasteiger partial charge in [0.1, 0.15) is 0 Å². The largest absolute Gasteiger partial charge is 0.381 e. The van der Waals surface area contributed by atoms with Gasteiger partial charge in [-0.15, -0.1) is 0 Å². The highest BCUT2D eigenvalue weighted by molar-refractivity contribution is 9.10. The Morgan fingerprint density at radius 3 is 2.94 bits per heavy atom. The Morgan fingerprint density at radius 1 is 1.35 bits per heavy atom. The minimum atomic E-state index is 0.688. The van der Waals surface area contributed by atoms with Crippen molar-refractivity contribution in [3.63, 3.8) is 0 Å². The molecule has 0 bridgehead atoms.